The molecule has 106 valence electrons. The minimum atomic E-state index is 0.526. The predicted molar refractivity (Wildman–Crippen MR) is 84.5 cm³/mol. The summed E-state index contributed by atoms with van der Waals surface area (Å²) in [6.45, 7) is 0. The fourth-order valence-corrected chi connectivity index (χ4v) is 2.10. The zero-order chi connectivity index (χ0) is 15.2. The number of ether oxygens (including phenoxy) is 2. The summed E-state index contributed by atoms with van der Waals surface area (Å²) in [5.41, 5.74) is 2.09. The molecule has 0 amide bonds. The number of benzene rings is 2. The van der Waals surface area contributed by atoms with Crippen LogP contribution in [0, 0.1) is 11.3 Å². The molecule has 0 aliphatic carbocycles. The predicted octanol–water partition coefficient (Wildman–Crippen LogP) is 4.42. The molecular weight excluding hydrogens is 286 g/mol. The molecule has 0 fully saturated rings. The summed E-state index contributed by atoms with van der Waals surface area (Å²) < 4.78 is 10.4. The van der Waals surface area contributed by atoms with Crippen LogP contribution in [0.4, 0.5) is 0 Å². The maximum absolute atomic E-state index is 9.38. The van der Waals surface area contributed by atoms with Gasteiger partial charge in [0.15, 0.2) is 0 Å². The van der Waals surface area contributed by atoms with Crippen LogP contribution in [0.5, 0.6) is 11.5 Å². The van der Waals surface area contributed by atoms with Crippen molar-refractivity contribution in [3.63, 3.8) is 0 Å². The van der Waals surface area contributed by atoms with Gasteiger partial charge in [0.25, 0.3) is 0 Å². The van der Waals surface area contributed by atoms with Crippen LogP contribution in [0.15, 0.2) is 42.5 Å². The number of hydrogen-bond donors (Lipinski definition) is 0. The summed E-state index contributed by atoms with van der Waals surface area (Å²) in [7, 11) is 3.19. The molecule has 3 nitrogen and oxygen atoms in total. The van der Waals surface area contributed by atoms with Gasteiger partial charge in [0.1, 0.15) is 11.5 Å². The second-order valence-electron chi connectivity index (χ2n) is 4.28. The first-order valence-electron chi connectivity index (χ1n) is 6.27. The van der Waals surface area contributed by atoms with Crippen molar-refractivity contribution >= 4 is 23.3 Å². The smallest absolute Gasteiger partial charge is 0.126 e. The molecule has 0 N–H and O–H groups in total. The fraction of sp³-hybridized carbons (Fsp3) is 0.118. The van der Waals surface area contributed by atoms with Gasteiger partial charge in [-0.2, -0.15) is 5.26 Å². The molecule has 4 heteroatoms. The molecule has 2 aromatic rings. The number of allylic oxidation sites excluding steroid dienone is 1. The molecule has 0 aromatic heterocycles. The van der Waals surface area contributed by atoms with Crippen LogP contribution in [-0.2, 0) is 0 Å². The number of nitriles is 1. The Morgan fingerprint density at radius 1 is 1.10 bits per heavy atom. The fourth-order valence-electron chi connectivity index (χ4n) is 1.92. The summed E-state index contributed by atoms with van der Waals surface area (Å²) in [4.78, 5) is 0. The topological polar surface area (TPSA) is 42.2 Å². The van der Waals surface area contributed by atoms with Gasteiger partial charge < -0.3 is 9.47 Å². The normalized spacial score (nSPS) is 10.9. The molecule has 2 rings (SSSR count). The summed E-state index contributed by atoms with van der Waals surface area (Å²) in [5.74, 6) is 1.41. The Kier molecular flexibility index (Phi) is 4.86. The third-order valence-corrected chi connectivity index (χ3v) is 3.25. The summed E-state index contributed by atoms with van der Waals surface area (Å²) >= 11 is 6.00. The number of hydrogen-bond acceptors (Lipinski definition) is 3. The highest BCUT2D eigenvalue weighted by Gasteiger charge is 2.06. The Balaban J connectivity index is 2.45. The monoisotopic (exact) mass is 299 g/mol. The third kappa shape index (κ3) is 3.56. The van der Waals surface area contributed by atoms with Gasteiger partial charge in [-0.1, -0.05) is 11.6 Å². The van der Waals surface area contributed by atoms with E-state index in [4.69, 9.17) is 21.1 Å². The minimum Gasteiger partial charge on any atom is -0.497 e. The van der Waals surface area contributed by atoms with E-state index < -0.39 is 0 Å². The van der Waals surface area contributed by atoms with Gasteiger partial charge in [0, 0.05) is 10.6 Å². The summed E-state index contributed by atoms with van der Waals surface area (Å²) in [6.07, 6.45) is 1.76. The summed E-state index contributed by atoms with van der Waals surface area (Å²) in [6, 6.07) is 14.8. The molecule has 0 aliphatic heterocycles. The Bertz CT molecular complexity index is 700. The lowest BCUT2D eigenvalue weighted by atomic mass is 10.0. The molecule has 0 radical (unpaired) electrons. The summed E-state index contributed by atoms with van der Waals surface area (Å²) in [5, 5.41) is 9.97. The standard InChI is InChI=1S/C17H14ClNO2/c1-20-16-6-3-12(4-7-16)14(11-19)9-13-10-15(18)5-8-17(13)21-2/h3-10H,1-2H3/b14-9+. The molecule has 0 spiro atoms. The van der Waals surface area contributed by atoms with Crippen LogP contribution in [0.1, 0.15) is 11.1 Å². The molecule has 0 atom stereocenters. The van der Waals surface area contributed by atoms with Crippen molar-refractivity contribution < 1.29 is 9.47 Å². The average Bonchev–Trinajstić information content (AvgIpc) is 2.53. The molecule has 0 bridgehead atoms. The van der Waals surface area contributed by atoms with E-state index in [2.05, 4.69) is 6.07 Å². The zero-order valence-electron chi connectivity index (χ0n) is 11.8. The largest absolute Gasteiger partial charge is 0.497 e. The van der Waals surface area contributed by atoms with Gasteiger partial charge in [0.2, 0.25) is 0 Å². The minimum absolute atomic E-state index is 0.526. The molecule has 21 heavy (non-hydrogen) atoms. The van der Waals surface area contributed by atoms with Crippen LogP contribution < -0.4 is 9.47 Å². The lowest BCUT2D eigenvalue weighted by Gasteiger charge is -2.07. The first-order chi connectivity index (χ1) is 10.2. The van der Waals surface area contributed by atoms with Gasteiger partial charge >= 0.3 is 0 Å². The van der Waals surface area contributed by atoms with E-state index in [0.717, 1.165) is 16.9 Å². The van der Waals surface area contributed by atoms with Crippen LogP contribution in [-0.4, -0.2) is 14.2 Å². The van der Waals surface area contributed by atoms with Crippen LogP contribution in [0.25, 0.3) is 11.6 Å². The third-order valence-electron chi connectivity index (χ3n) is 3.01. The van der Waals surface area contributed by atoms with Gasteiger partial charge in [-0.3, -0.25) is 0 Å². The first kappa shape index (κ1) is 15.0. The lowest BCUT2D eigenvalue weighted by molar-refractivity contribution is 0.414. The molecule has 0 saturated heterocycles. The van der Waals surface area contributed by atoms with Gasteiger partial charge in [-0.15, -0.1) is 0 Å². The second kappa shape index (κ2) is 6.83. The molecule has 0 saturated carbocycles. The van der Waals surface area contributed by atoms with Gasteiger partial charge in [-0.25, -0.2) is 0 Å². The zero-order valence-corrected chi connectivity index (χ0v) is 12.5. The number of nitrogens with zero attached hydrogens (tertiary/aromatic N) is 1. The molecule has 0 unspecified atom stereocenters. The quantitative estimate of drug-likeness (QED) is 0.620. The van der Waals surface area contributed by atoms with Crippen LogP contribution in [0.2, 0.25) is 5.02 Å². The van der Waals surface area contributed by atoms with Crippen LogP contribution in [0.3, 0.4) is 0 Å². The molecular formula is C17H14ClNO2. The van der Waals surface area contributed by atoms with Crippen molar-refractivity contribution in [2.75, 3.05) is 14.2 Å². The van der Waals surface area contributed by atoms with E-state index in [-0.39, 0.29) is 0 Å². The highest BCUT2D eigenvalue weighted by atomic mass is 35.5. The maximum Gasteiger partial charge on any atom is 0.126 e. The van der Waals surface area contributed by atoms with Crippen molar-refractivity contribution in [2.24, 2.45) is 0 Å². The van der Waals surface area contributed by atoms with Crippen molar-refractivity contribution in [1.29, 1.82) is 5.26 Å². The van der Waals surface area contributed by atoms with E-state index in [1.54, 1.807) is 38.5 Å². The van der Waals surface area contributed by atoms with E-state index in [0.29, 0.717) is 16.3 Å². The van der Waals surface area contributed by atoms with E-state index in [1.165, 1.54) is 0 Å². The average molecular weight is 300 g/mol. The number of halogens is 1. The molecule has 2 aromatic carbocycles. The van der Waals surface area contributed by atoms with E-state index in [1.807, 2.05) is 24.3 Å². The SMILES string of the molecule is COc1ccc(/C(C#N)=C/c2cc(Cl)ccc2OC)cc1. The van der Waals surface area contributed by atoms with Crippen molar-refractivity contribution in [2.45, 2.75) is 0 Å². The first-order valence-corrected chi connectivity index (χ1v) is 6.65. The van der Waals surface area contributed by atoms with Crippen molar-refractivity contribution in [3.05, 3.63) is 58.6 Å². The Labute approximate surface area is 129 Å². The van der Waals surface area contributed by atoms with E-state index in [9.17, 15) is 5.26 Å². The van der Waals surface area contributed by atoms with Gasteiger partial charge in [-0.05, 0) is 54.1 Å². The lowest BCUT2D eigenvalue weighted by Crippen LogP contribution is -1.89. The van der Waals surface area contributed by atoms with E-state index >= 15 is 0 Å². The maximum atomic E-state index is 9.38. The van der Waals surface area contributed by atoms with Gasteiger partial charge in [0.05, 0.1) is 25.9 Å². The molecule has 0 heterocycles. The van der Waals surface area contributed by atoms with Crippen molar-refractivity contribution in [3.8, 4) is 17.6 Å². The number of rotatable bonds is 4. The highest BCUT2D eigenvalue weighted by Crippen LogP contribution is 2.27. The number of methoxy groups -OCH3 is 2. The second-order valence-corrected chi connectivity index (χ2v) is 4.72. The molecule has 0 aliphatic rings. The Morgan fingerprint density at radius 3 is 2.38 bits per heavy atom. The van der Waals surface area contributed by atoms with Crippen LogP contribution >= 0.6 is 11.6 Å². The van der Waals surface area contributed by atoms with Crippen molar-refractivity contribution in [1.82, 2.24) is 0 Å². The Morgan fingerprint density at radius 2 is 1.81 bits per heavy atom. The highest BCUT2D eigenvalue weighted by molar-refractivity contribution is 6.30. The Hall–Kier alpha value is -2.44.